The molecule has 1 aromatic rings. The lowest BCUT2D eigenvalue weighted by Crippen LogP contribution is -2.46. The van der Waals surface area contributed by atoms with E-state index in [2.05, 4.69) is 4.90 Å². The minimum Gasteiger partial charge on any atom is -0.370 e. The molecule has 0 amide bonds. The van der Waals surface area contributed by atoms with Crippen LogP contribution in [0.5, 0.6) is 0 Å². The molecule has 0 aromatic heterocycles. The number of hydrogen-bond acceptors (Lipinski definition) is 2. The fourth-order valence-electron chi connectivity index (χ4n) is 3.39. The average Bonchev–Trinajstić information content (AvgIpc) is 2.28. The summed E-state index contributed by atoms with van der Waals surface area (Å²) in [5, 5.41) is 0. The van der Waals surface area contributed by atoms with Crippen LogP contribution in [-0.2, 0) is 5.41 Å². The maximum atomic E-state index is 14.1. The molecule has 1 aliphatic heterocycles. The van der Waals surface area contributed by atoms with Crippen molar-refractivity contribution in [2.24, 2.45) is 5.73 Å². The first-order valence-corrected chi connectivity index (χ1v) is 6.51. The predicted octanol–water partition coefficient (Wildman–Crippen LogP) is 2.42. The SMILES string of the molecule is NCCN1CCC2(CCC2)c2c(F)cccc21. The highest BCUT2D eigenvalue weighted by Crippen LogP contribution is 2.52. The van der Waals surface area contributed by atoms with E-state index in [0.717, 1.165) is 43.6 Å². The topological polar surface area (TPSA) is 29.3 Å². The highest BCUT2D eigenvalue weighted by Gasteiger charge is 2.45. The van der Waals surface area contributed by atoms with Crippen LogP contribution >= 0.6 is 0 Å². The van der Waals surface area contributed by atoms with Crippen LogP contribution in [0.4, 0.5) is 10.1 Å². The minimum atomic E-state index is -0.0241. The molecular weight excluding hydrogens is 215 g/mol. The quantitative estimate of drug-likeness (QED) is 0.851. The van der Waals surface area contributed by atoms with Gasteiger partial charge in [-0.1, -0.05) is 12.5 Å². The van der Waals surface area contributed by atoms with E-state index in [1.165, 1.54) is 6.42 Å². The second kappa shape index (κ2) is 3.98. The Morgan fingerprint density at radius 1 is 1.29 bits per heavy atom. The molecule has 0 bridgehead atoms. The monoisotopic (exact) mass is 234 g/mol. The molecule has 1 spiro atoms. The third-order valence-electron chi connectivity index (χ3n) is 4.43. The number of hydrogen-bond donors (Lipinski definition) is 1. The van der Waals surface area contributed by atoms with E-state index in [1.807, 2.05) is 12.1 Å². The first kappa shape index (κ1) is 11.0. The summed E-state index contributed by atoms with van der Waals surface area (Å²) in [7, 11) is 0. The highest BCUT2D eigenvalue weighted by atomic mass is 19.1. The second-order valence-electron chi connectivity index (χ2n) is 5.29. The van der Waals surface area contributed by atoms with Crippen molar-refractivity contribution in [3.05, 3.63) is 29.6 Å². The van der Waals surface area contributed by atoms with Crippen LogP contribution in [0.3, 0.4) is 0 Å². The molecule has 0 saturated heterocycles. The normalized spacial score (nSPS) is 21.2. The van der Waals surface area contributed by atoms with Gasteiger partial charge < -0.3 is 10.6 Å². The first-order valence-electron chi connectivity index (χ1n) is 6.51. The lowest BCUT2D eigenvalue weighted by Gasteiger charge is -2.49. The van der Waals surface area contributed by atoms with Gasteiger partial charge in [-0.15, -0.1) is 0 Å². The Kier molecular flexibility index (Phi) is 2.58. The van der Waals surface area contributed by atoms with Crippen LogP contribution in [0.1, 0.15) is 31.2 Å². The van der Waals surface area contributed by atoms with Gasteiger partial charge in [-0.2, -0.15) is 0 Å². The van der Waals surface area contributed by atoms with Gasteiger partial charge in [0.15, 0.2) is 0 Å². The van der Waals surface area contributed by atoms with Crippen LogP contribution in [0.15, 0.2) is 18.2 Å². The molecule has 92 valence electrons. The molecule has 1 heterocycles. The molecule has 0 radical (unpaired) electrons. The zero-order valence-electron chi connectivity index (χ0n) is 10.1. The van der Waals surface area contributed by atoms with Crippen molar-refractivity contribution in [3.63, 3.8) is 0 Å². The van der Waals surface area contributed by atoms with Gasteiger partial charge in [-0.25, -0.2) is 4.39 Å². The molecule has 3 heteroatoms. The Bertz CT molecular complexity index is 426. The van der Waals surface area contributed by atoms with Gasteiger partial charge in [-0.05, 0) is 31.4 Å². The van der Waals surface area contributed by atoms with Crippen molar-refractivity contribution < 1.29 is 4.39 Å². The molecule has 2 nitrogen and oxygen atoms in total. The Morgan fingerprint density at radius 3 is 2.76 bits per heavy atom. The van der Waals surface area contributed by atoms with Crippen LogP contribution < -0.4 is 10.6 Å². The lowest BCUT2D eigenvalue weighted by molar-refractivity contribution is 0.212. The largest absolute Gasteiger partial charge is 0.370 e. The summed E-state index contributed by atoms with van der Waals surface area (Å²) in [6.07, 6.45) is 4.63. The number of benzene rings is 1. The molecule has 2 N–H and O–H groups in total. The third kappa shape index (κ3) is 1.56. The van der Waals surface area contributed by atoms with Crippen molar-refractivity contribution in [3.8, 4) is 0 Å². The number of anilines is 1. The van der Waals surface area contributed by atoms with Crippen molar-refractivity contribution in [2.45, 2.75) is 31.1 Å². The van der Waals surface area contributed by atoms with Crippen LogP contribution in [0.2, 0.25) is 0 Å². The average molecular weight is 234 g/mol. The summed E-state index contributed by atoms with van der Waals surface area (Å²) in [5.41, 5.74) is 7.83. The summed E-state index contributed by atoms with van der Waals surface area (Å²) in [5.74, 6) is -0.0241. The molecule has 17 heavy (non-hydrogen) atoms. The summed E-state index contributed by atoms with van der Waals surface area (Å²) >= 11 is 0. The third-order valence-corrected chi connectivity index (χ3v) is 4.43. The zero-order valence-corrected chi connectivity index (χ0v) is 10.1. The van der Waals surface area contributed by atoms with Crippen molar-refractivity contribution in [1.82, 2.24) is 0 Å². The van der Waals surface area contributed by atoms with Crippen molar-refractivity contribution >= 4 is 5.69 Å². The number of nitrogens with two attached hydrogens (primary N) is 1. The smallest absolute Gasteiger partial charge is 0.129 e. The number of fused-ring (bicyclic) bond motifs is 2. The van der Waals surface area contributed by atoms with Gasteiger partial charge >= 0.3 is 0 Å². The van der Waals surface area contributed by atoms with E-state index in [-0.39, 0.29) is 11.2 Å². The van der Waals surface area contributed by atoms with Gasteiger partial charge in [0.25, 0.3) is 0 Å². The molecule has 1 saturated carbocycles. The van der Waals surface area contributed by atoms with E-state index in [0.29, 0.717) is 6.54 Å². The summed E-state index contributed by atoms with van der Waals surface area (Å²) in [6, 6.07) is 5.47. The van der Waals surface area contributed by atoms with E-state index in [4.69, 9.17) is 5.73 Å². The standard InChI is InChI=1S/C14H19FN2/c15-11-3-1-4-12-13(11)14(5-2-6-14)7-9-17(12)10-8-16/h1,3-4H,2,5-10,16H2. The van der Waals surface area contributed by atoms with E-state index >= 15 is 0 Å². The second-order valence-corrected chi connectivity index (χ2v) is 5.29. The van der Waals surface area contributed by atoms with Crippen molar-refractivity contribution in [1.29, 1.82) is 0 Å². The van der Waals surface area contributed by atoms with Gasteiger partial charge in [0.2, 0.25) is 0 Å². The molecule has 1 fully saturated rings. The van der Waals surface area contributed by atoms with E-state index in [9.17, 15) is 4.39 Å². The molecule has 3 rings (SSSR count). The Morgan fingerprint density at radius 2 is 2.12 bits per heavy atom. The number of nitrogens with zero attached hydrogens (tertiary/aromatic N) is 1. The molecule has 1 aliphatic carbocycles. The Balaban J connectivity index is 2.07. The maximum Gasteiger partial charge on any atom is 0.129 e. The van der Waals surface area contributed by atoms with Crippen LogP contribution in [0, 0.1) is 5.82 Å². The fraction of sp³-hybridized carbons (Fsp3) is 0.571. The van der Waals surface area contributed by atoms with Crippen LogP contribution in [-0.4, -0.2) is 19.6 Å². The lowest BCUT2D eigenvalue weighted by atomic mass is 9.60. The van der Waals surface area contributed by atoms with Gasteiger partial charge in [0.05, 0.1) is 0 Å². The Hall–Kier alpha value is -1.09. The van der Waals surface area contributed by atoms with Gasteiger partial charge in [0.1, 0.15) is 5.82 Å². The maximum absolute atomic E-state index is 14.1. The highest BCUT2D eigenvalue weighted by molar-refractivity contribution is 5.60. The number of halogens is 1. The summed E-state index contributed by atoms with van der Waals surface area (Å²) < 4.78 is 14.1. The first-order chi connectivity index (χ1) is 8.27. The van der Waals surface area contributed by atoms with Gasteiger partial charge in [-0.3, -0.25) is 0 Å². The predicted molar refractivity (Wildman–Crippen MR) is 67.8 cm³/mol. The molecule has 0 unspecified atom stereocenters. The number of rotatable bonds is 2. The van der Waals surface area contributed by atoms with Crippen molar-refractivity contribution in [2.75, 3.05) is 24.5 Å². The summed E-state index contributed by atoms with van der Waals surface area (Å²) in [4.78, 5) is 2.24. The zero-order chi connectivity index (χ0) is 11.9. The molecular formula is C14H19FN2. The summed E-state index contributed by atoms with van der Waals surface area (Å²) in [6.45, 7) is 2.48. The van der Waals surface area contributed by atoms with Gasteiger partial charge in [0, 0.05) is 36.3 Å². The molecule has 2 aliphatic rings. The fourth-order valence-corrected chi connectivity index (χ4v) is 3.39. The van der Waals surface area contributed by atoms with E-state index < -0.39 is 0 Å². The minimum absolute atomic E-state index is 0.0241. The molecule has 0 atom stereocenters. The Labute approximate surface area is 102 Å². The molecule has 1 aromatic carbocycles. The van der Waals surface area contributed by atoms with Crippen LogP contribution in [0.25, 0.3) is 0 Å². The van der Waals surface area contributed by atoms with E-state index in [1.54, 1.807) is 6.07 Å².